The van der Waals surface area contributed by atoms with Crippen LogP contribution in [-0.4, -0.2) is 23.3 Å². The van der Waals surface area contributed by atoms with Crippen LogP contribution < -0.4 is 0 Å². The second kappa shape index (κ2) is 11.1. The Labute approximate surface area is 190 Å². The summed E-state index contributed by atoms with van der Waals surface area (Å²) in [7, 11) is -10.2. The fraction of sp³-hybridized carbons (Fsp3) is 0.238. The van der Waals surface area contributed by atoms with Crippen molar-refractivity contribution in [3.8, 4) is 0 Å². The van der Waals surface area contributed by atoms with E-state index in [4.69, 9.17) is 8.37 Å². The highest BCUT2D eigenvalue weighted by Gasteiger charge is 2.31. The number of hydrogen-bond acceptors (Lipinski definition) is 8. The van der Waals surface area contributed by atoms with Crippen LogP contribution in [0.3, 0.4) is 0 Å². The molecule has 8 nitrogen and oxygen atoms in total. The van der Waals surface area contributed by atoms with Crippen LogP contribution >= 0.6 is 8.69 Å². The molecule has 0 unspecified atom stereocenters. The first-order valence-electron chi connectivity index (χ1n) is 9.30. The third-order valence-corrected chi connectivity index (χ3v) is 7.19. The van der Waals surface area contributed by atoms with Crippen molar-refractivity contribution in [1.29, 1.82) is 0 Å². The molecule has 0 N–H and O–H groups in total. The van der Waals surface area contributed by atoms with E-state index in [9.17, 15) is 21.4 Å². The highest BCUT2D eigenvalue weighted by molar-refractivity contribution is 7.87. The molecule has 0 saturated carbocycles. The molecule has 0 fully saturated rings. The molecule has 0 heterocycles. The van der Waals surface area contributed by atoms with Gasteiger partial charge in [0, 0.05) is 0 Å². The molecule has 2 rings (SSSR count). The van der Waals surface area contributed by atoms with E-state index in [-0.39, 0.29) is 22.6 Å². The van der Waals surface area contributed by atoms with Crippen LogP contribution in [0.4, 0.5) is 0 Å². The van der Waals surface area contributed by atoms with E-state index in [1.165, 1.54) is 24.3 Å². The van der Waals surface area contributed by atoms with Crippen molar-refractivity contribution in [2.24, 2.45) is 0 Å². The van der Waals surface area contributed by atoms with E-state index in [1.807, 2.05) is 0 Å². The maximum Gasteiger partial charge on any atom is 0.331 e. The van der Waals surface area contributed by atoms with Gasteiger partial charge in [0.2, 0.25) is 0 Å². The Bertz CT molecular complexity index is 1130. The zero-order valence-electron chi connectivity index (χ0n) is 17.6. The highest BCUT2D eigenvalue weighted by atomic mass is 32.2. The second-order valence-electron chi connectivity index (χ2n) is 6.78. The summed E-state index contributed by atoms with van der Waals surface area (Å²) in [5.41, 5.74) is 2.38. The van der Waals surface area contributed by atoms with Gasteiger partial charge in [0.05, 0.1) is 9.79 Å². The average molecular weight is 499 g/mol. The number of rotatable bonds is 12. The topological polar surface area (TPSA) is 113 Å². The lowest BCUT2D eigenvalue weighted by Crippen LogP contribution is -2.26. The van der Waals surface area contributed by atoms with Gasteiger partial charge in [-0.3, -0.25) is 0 Å². The first-order chi connectivity index (χ1) is 15.0. The van der Waals surface area contributed by atoms with Gasteiger partial charge in [-0.15, -0.1) is 13.2 Å². The minimum Gasteiger partial charge on any atom is -0.240 e. The van der Waals surface area contributed by atoms with Gasteiger partial charge in [0.25, 0.3) is 0 Å². The predicted molar refractivity (Wildman–Crippen MR) is 119 cm³/mol. The van der Waals surface area contributed by atoms with Gasteiger partial charge in [-0.1, -0.05) is 47.5 Å². The Hall–Kier alpha value is -2.20. The minimum absolute atomic E-state index is 0.220. The van der Waals surface area contributed by atoms with E-state index in [0.717, 1.165) is 11.1 Å². The van der Waals surface area contributed by atoms with E-state index in [0.29, 0.717) is 11.1 Å². The monoisotopic (exact) mass is 498 g/mol. The number of hydrogen-bond donors (Lipinski definition) is 0. The predicted octanol–water partition coefficient (Wildman–Crippen LogP) is 4.38. The van der Waals surface area contributed by atoms with Crippen molar-refractivity contribution in [1.82, 2.24) is 0 Å². The summed E-state index contributed by atoms with van der Waals surface area (Å²) in [5.74, 6) is 0. The summed E-state index contributed by atoms with van der Waals surface area (Å²) in [4.78, 5) is -0.439. The summed E-state index contributed by atoms with van der Waals surface area (Å²) in [6.07, 6.45) is 3.46. The van der Waals surface area contributed by atoms with Crippen molar-refractivity contribution in [3.05, 3.63) is 84.0 Å². The van der Waals surface area contributed by atoms with Gasteiger partial charge in [0.15, 0.2) is 0 Å². The quantitative estimate of drug-likeness (QED) is 0.183. The lowest BCUT2D eigenvalue weighted by Gasteiger charge is -2.17. The summed E-state index contributed by atoms with van der Waals surface area (Å²) in [6.45, 7) is 8.44. The zero-order valence-corrected chi connectivity index (χ0v) is 20.1. The molecule has 2 aromatic rings. The van der Waals surface area contributed by atoms with Gasteiger partial charge in [0.1, 0.15) is 0 Å². The second-order valence-corrected chi connectivity index (χ2v) is 10.2. The molecule has 11 heteroatoms. The number of aryl methyl sites for hydroxylation is 2. The van der Waals surface area contributed by atoms with E-state index >= 15 is 0 Å². The Kier molecular flexibility index (Phi) is 9.03. The molecule has 0 aliphatic carbocycles. The Morgan fingerprint density at radius 3 is 1.59 bits per heavy atom. The third-order valence-electron chi connectivity index (χ3n) is 4.24. The van der Waals surface area contributed by atoms with Crippen LogP contribution in [0.25, 0.3) is 0 Å². The molecule has 0 bridgehead atoms. The zero-order chi connectivity index (χ0) is 23.9. The number of benzene rings is 2. The van der Waals surface area contributed by atoms with Gasteiger partial charge in [-0.05, 0) is 49.9 Å². The normalized spacial score (nSPS) is 12.2. The molecule has 0 saturated heterocycles. The highest BCUT2D eigenvalue weighted by Crippen LogP contribution is 2.27. The maximum atomic E-state index is 12.8. The molecule has 2 aromatic carbocycles. The lowest BCUT2D eigenvalue weighted by atomic mass is 10.1. The van der Waals surface area contributed by atoms with E-state index < -0.39 is 35.4 Å². The third kappa shape index (κ3) is 6.65. The van der Waals surface area contributed by atoms with E-state index in [1.54, 1.807) is 38.1 Å². The summed E-state index contributed by atoms with van der Waals surface area (Å²) in [5, 5.41) is 0. The van der Waals surface area contributed by atoms with Crippen molar-refractivity contribution < 1.29 is 34.3 Å². The summed E-state index contributed by atoms with van der Waals surface area (Å²) < 4.78 is 76.6. The van der Waals surface area contributed by atoms with Crippen LogP contribution in [0.5, 0.6) is 0 Å². The largest absolute Gasteiger partial charge is 0.331 e. The SMILES string of the molecule is C=CCc1cc(C)ccc1S(=O)(=O)OC(OP=O)OS(=O)(=O)c1ccc(C)cc1CC=C. The smallest absolute Gasteiger partial charge is 0.240 e. The summed E-state index contributed by atoms with van der Waals surface area (Å²) >= 11 is 0. The van der Waals surface area contributed by atoms with Crippen LogP contribution in [0.2, 0.25) is 0 Å². The average Bonchev–Trinajstić information content (AvgIpc) is 2.67. The van der Waals surface area contributed by atoms with Crippen LogP contribution in [0.15, 0.2) is 71.5 Å². The molecule has 0 amide bonds. The molecule has 172 valence electrons. The molecule has 0 aliphatic rings. The molecular formula is C21H23O8PS2. The molecular weight excluding hydrogens is 475 g/mol. The lowest BCUT2D eigenvalue weighted by molar-refractivity contribution is -0.126. The fourth-order valence-corrected chi connectivity index (χ4v) is 5.43. The first kappa shape index (κ1) is 26.1. The van der Waals surface area contributed by atoms with Crippen LogP contribution in [-0.2, 0) is 50.5 Å². The van der Waals surface area contributed by atoms with Gasteiger partial charge < -0.3 is 0 Å². The van der Waals surface area contributed by atoms with Crippen LogP contribution in [0, 0.1) is 13.8 Å². The van der Waals surface area contributed by atoms with E-state index in [2.05, 4.69) is 17.7 Å². The van der Waals surface area contributed by atoms with Gasteiger partial charge >= 0.3 is 35.4 Å². The molecule has 32 heavy (non-hydrogen) atoms. The van der Waals surface area contributed by atoms with Crippen LogP contribution in [0.1, 0.15) is 22.3 Å². The molecule has 0 aliphatic heterocycles. The Morgan fingerprint density at radius 2 is 1.25 bits per heavy atom. The van der Waals surface area contributed by atoms with Crippen molar-refractivity contribution in [2.75, 3.05) is 0 Å². The van der Waals surface area contributed by atoms with Crippen molar-refractivity contribution >= 4 is 28.9 Å². The maximum absolute atomic E-state index is 12.8. The molecule has 0 atom stereocenters. The van der Waals surface area contributed by atoms with Gasteiger partial charge in [-0.2, -0.15) is 16.8 Å². The molecule has 0 radical (unpaired) electrons. The fourth-order valence-electron chi connectivity index (χ4n) is 2.93. The Morgan fingerprint density at radius 1 is 0.844 bits per heavy atom. The molecule has 0 spiro atoms. The van der Waals surface area contributed by atoms with Crippen molar-refractivity contribution in [2.45, 2.75) is 43.0 Å². The van der Waals surface area contributed by atoms with Gasteiger partial charge in [-0.25, -0.2) is 17.5 Å². The van der Waals surface area contributed by atoms with Crippen molar-refractivity contribution in [3.63, 3.8) is 0 Å². The standard InChI is InChI=1S/C21H23O8PS2/c1-5-7-17-13-15(3)9-11-19(17)31(23,24)28-21(27-30-22)29-32(25,26)20-12-10-16(4)14-18(20)8-6-2/h5-6,9-14,21H,1-2,7-8H2,3-4H3. The summed E-state index contributed by atoms with van der Waals surface area (Å²) in [6, 6.07) is 8.99. The minimum atomic E-state index is -4.55. The Balaban J connectivity index is 2.40. The number of allylic oxidation sites excluding steroid dienone is 2. The first-order valence-corrected chi connectivity index (χ1v) is 12.8. The molecule has 0 aromatic heterocycles.